The third kappa shape index (κ3) is 7.85. The second kappa shape index (κ2) is 15.0. The molecule has 0 radical (unpaired) electrons. The molecular weight excluding hydrogens is 517 g/mol. The van der Waals surface area contributed by atoms with Gasteiger partial charge in [-0.2, -0.15) is 0 Å². The molecule has 4 N–H and O–H groups in total. The summed E-state index contributed by atoms with van der Waals surface area (Å²) in [5.41, 5.74) is 1.07. The number of carbonyl (C=O) groups excluding carboxylic acids is 2. The molecule has 214 valence electrons. The fourth-order valence-electron chi connectivity index (χ4n) is 3.24. The molecule has 0 bridgehead atoms. The lowest BCUT2D eigenvalue weighted by molar-refractivity contribution is -0.118. The van der Waals surface area contributed by atoms with E-state index in [1.54, 1.807) is 51.5 Å². The Balaban J connectivity index is 0.000000722. The second-order valence-electron chi connectivity index (χ2n) is 8.09. The lowest BCUT2D eigenvalue weighted by atomic mass is 10.3. The lowest BCUT2D eigenvalue weighted by Crippen LogP contribution is -2.28. The van der Waals surface area contributed by atoms with Crippen molar-refractivity contribution in [1.29, 1.82) is 0 Å². The number of hydrogen-bond donors (Lipinski definition) is 4. The van der Waals surface area contributed by atoms with Gasteiger partial charge in [0, 0.05) is 45.9 Å². The minimum Gasteiger partial charge on any atom is -0.385 e. The quantitative estimate of drug-likeness (QED) is 0.313. The Labute approximate surface area is 232 Å². The van der Waals surface area contributed by atoms with E-state index in [2.05, 4.69) is 42.9 Å². The van der Waals surface area contributed by atoms with Gasteiger partial charge in [0.1, 0.15) is 17.7 Å². The number of amides is 2. The first-order chi connectivity index (χ1) is 19.2. The van der Waals surface area contributed by atoms with Crippen molar-refractivity contribution in [3.8, 4) is 0 Å². The number of alkyl halides is 1. The van der Waals surface area contributed by atoms with Crippen LogP contribution in [0.4, 0.5) is 21.6 Å². The van der Waals surface area contributed by atoms with Crippen LogP contribution in [0, 0.1) is 0 Å². The highest BCUT2D eigenvalue weighted by Crippen LogP contribution is 2.26. The Kier molecular flexibility index (Phi) is 11.7. The molecule has 1 saturated carbocycles. The molecule has 1 aliphatic carbocycles. The van der Waals surface area contributed by atoms with Crippen molar-refractivity contribution in [2.24, 2.45) is 4.99 Å². The average molecular weight is 554 g/mol. The predicted octanol–water partition coefficient (Wildman–Crippen LogP) is 3.37. The Morgan fingerprint density at radius 2 is 1.93 bits per heavy atom. The lowest BCUT2D eigenvalue weighted by Gasteiger charge is -2.12. The van der Waals surface area contributed by atoms with Gasteiger partial charge in [-0.3, -0.25) is 19.0 Å². The van der Waals surface area contributed by atoms with E-state index in [4.69, 9.17) is 0 Å². The Bertz CT molecular complexity index is 1460. The molecule has 13 heteroatoms. The first-order valence-corrected chi connectivity index (χ1v) is 12.7. The van der Waals surface area contributed by atoms with Crippen LogP contribution in [0.2, 0.25) is 0 Å². The highest BCUT2D eigenvalue weighted by Gasteiger charge is 2.39. The standard InChI is InChI=1S/C22H23FN8O2.C3H7NO.C2H6/c1-4-8-25-19(5-2)30-9-6-7-14(22(30)33)27-18-11-16(24-3)20-26-12-17(31(20)29-18)21(32)28-15-10-13(15)23;1-3(5)4-2;1-2/h4-9,11-13,15,24H,1,10H2,2-3H3,(H,27,29)(H,28,32);1-2H3,(H,4,5);1-2H3/b19-5+,25-8-;;. The zero-order chi connectivity index (χ0) is 29.8. The number of nitrogens with one attached hydrogen (secondary N) is 4. The highest BCUT2D eigenvalue weighted by atomic mass is 19.1. The fraction of sp³-hybridized carbons (Fsp3) is 0.333. The maximum Gasteiger partial charge on any atom is 0.279 e. The smallest absolute Gasteiger partial charge is 0.279 e. The number of aliphatic imine (C=N–C) groups is 1. The van der Waals surface area contributed by atoms with Crippen LogP contribution in [-0.2, 0) is 4.79 Å². The minimum absolute atomic E-state index is 0.00463. The molecule has 2 unspecified atom stereocenters. The molecule has 40 heavy (non-hydrogen) atoms. The van der Waals surface area contributed by atoms with Crippen molar-refractivity contribution in [2.45, 2.75) is 46.3 Å². The molecule has 0 saturated heterocycles. The first-order valence-electron chi connectivity index (χ1n) is 12.7. The van der Waals surface area contributed by atoms with Crippen molar-refractivity contribution in [2.75, 3.05) is 24.7 Å². The van der Waals surface area contributed by atoms with Gasteiger partial charge >= 0.3 is 0 Å². The zero-order valence-electron chi connectivity index (χ0n) is 23.5. The van der Waals surface area contributed by atoms with Crippen LogP contribution >= 0.6 is 0 Å². The summed E-state index contributed by atoms with van der Waals surface area (Å²) < 4.78 is 16.0. The Morgan fingerprint density at radius 1 is 1.25 bits per heavy atom. The van der Waals surface area contributed by atoms with Crippen molar-refractivity contribution in [1.82, 2.24) is 29.8 Å². The van der Waals surface area contributed by atoms with Crippen LogP contribution in [0.5, 0.6) is 0 Å². The molecule has 3 aromatic heterocycles. The van der Waals surface area contributed by atoms with Gasteiger partial charge in [0.25, 0.3) is 11.5 Å². The van der Waals surface area contributed by atoms with Gasteiger partial charge in [0.15, 0.2) is 17.2 Å². The Hall–Kier alpha value is -4.81. The van der Waals surface area contributed by atoms with Gasteiger partial charge in [0.2, 0.25) is 5.91 Å². The first kappa shape index (κ1) is 31.4. The van der Waals surface area contributed by atoms with Gasteiger partial charge < -0.3 is 21.3 Å². The summed E-state index contributed by atoms with van der Waals surface area (Å²) in [6.45, 7) is 10.8. The molecule has 2 atom stereocenters. The van der Waals surface area contributed by atoms with Crippen LogP contribution in [0.15, 0.2) is 59.1 Å². The van der Waals surface area contributed by atoms with Gasteiger partial charge in [-0.15, -0.1) is 5.10 Å². The van der Waals surface area contributed by atoms with Gasteiger partial charge in [-0.1, -0.05) is 26.5 Å². The summed E-state index contributed by atoms with van der Waals surface area (Å²) in [5.74, 6) is 0.270. The van der Waals surface area contributed by atoms with Crippen LogP contribution in [0.1, 0.15) is 44.6 Å². The number of rotatable bonds is 8. The number of allylic oxidation sites excluding steroid dienone is 2. The molecule has 3 aromatic rings. The average Bonchev–Trinajstić information content (AvgIpc) is 3.48. The maximum absolute atomic E-state index is 13.2. The van der Waals surface area contributed by atoms with Crippen molar-refractivity contribution in [3.63, 3.8) is 0 Å². The fourth-order valence-corrected chi connectivity index (χ4v) is 3.24. The maximum atomic E-state index is 13.2. The van der Waals surface area contributed by atoms with Gasteiger partial charge in [0.05, 0.1) is 17.9 Å². The number of halogens is 1. The molecule has 1 aliphatic rings. The van der Waals surface area contributed by atoms with Crippen LogP contribution in [0.25, 0.3) is 11.5 Å². The largest absolute Gasteiger partial charge is 0.385 e. The summed E-state index contributed by atoms with van der Waals surface area (Å²) in [4.78, 5) is 43.8. The number of anilines is 3. The van der Waals surface area contributed by atoms with E-state index >= 15 is 0 Å². The molecule has 0 aliphatic heterocycles. The molecule has 1 fully saturated rings. The van der Waals surface area contributed by atoms with E-state index in [9.17, 15) is 18.8 Å². The summed E-state index contributed by atoms with van der Waals surface area (Å²) in [6, 6.07) is 4.50. The zero-order valence-corrected chi connectivity index (χ0v) is 23.5. The van der Waals surface area contributed by atoms with Crippen molar-refractivity contribution in [3.05, 3.63) is 65.4 Å². The van der Waals surface area contributed by atoms with E-state index in [-0.39, 0.29) is 22.8 Å². The van der Waals surface area contributed by atoms with E-state index in [0.29, 0.717) is 29.4 Å². The number of carbonyl (C=O) groups is 2. The summed E-state index contributed by atoms with van der Waals surface area (Å²) in [7, 11) is 3.30. The van der Waals surface area contributed by atoms with Crippen molar-refractivity contribution < 1.29 is 14.0 Å². The van der Waals surface area contributed by atoms with E-state index in [1.807, 2.05) is 13.8 Å². The highest BCUT2D eigenvalue weighted by molar-refractivity contribution is 5.94. The number of imidazole rings is 1. The molecule has 2 amide bonds. The van der Waals surface area contributed by atoms with Crippen molar-refractivity contribution >= 4 is 46.7 Å². The topological polar surface area (TPSA) is 147 Å². The summed E-state index contributed by atoms with van der Waals surface area (Å²) in [6.07, 6.45) is 6.98. The van der Waals surface area contributed by atoms with Gasteiger partial charge in [-0.05, 0) is 25.1 Å². The number of nitrogens with zero attached hydrogens (tertiary/aromatic N) is 5. The molecule has 0 spiro atoms. The van der Waals surface area contributed by atoms with Crippen LogP contribution in [-0.4, -0.2) is 63.5 Å². The molecule has 12 nitrogen and oxygen atoms in total. The summed E-state index contributed by atoms with van der Waals surface area (Å²) >= 11 is 0. The van der Waals surface area contributed by atoms with Crippen LogP contribution < -0.4 is 26.8 Å². The molecule has 3 heterocycles. The minimum atomic E-state index is -1.02. The molecule has 4 rings (SSSR count). The third-order valence-corrected chi connectivity index (χ3v) is 5.38. The number of aromatic nitrogens is 4. The number of fused-ring (bicyclic) bond motifs is 1. The number of pyridine rings is 1. The van der Waals surface area contributed by atoms with E-state index in [0.717, 1.165) is 0 Å². The monoisotopic (exact) mass is 553 g/mol. The number of hydrogen-bond acceptors (Lipinski definition) is 8. The second-order valence-corrected chi connectivity index (χ2v) is 8.09. The normalized spacial score (nSPS) is 15.7. The SMILES string of the molecule is C=C/C=N\C(=C/C)n1cccc(Nc2cc(NC)c3ncc(C(=O)NC4CC4F)n3n2)c1=O.CC.CNC(C)=O. The van der Waals surface area contributed by atoms with Crippen LogP contribution in [0.3, 0.4) is 0 Å². The predicted molar refractivity (Wildman–Crippen MR) is 157 cm³/mol. The third-order valence-electron chi connectivity index (χ3n) is 5.38. The Morgan fingerprint density at radius 3 is 2.48 bits per heavy atom. The molecule has 0 aromatic carbocycles. The van der Waals surface area contributed by atoms with E-state index in [1.165, 1.54) is 34.5 Å². The van der Waals surface area contributed by atoms with Gasteiger partial charge in [-0.25, -0.2) is 18.9 Å². The summed E-state index contributed by atoms with van der Waals surface area (Å²) in [5, 5.41) is 15.5. The van der Waals surface area contributed by atoms with E-state index < -0.39 is 18.1 Å². The molecular formula is C27H36FN9O3.